The minimum atomic E-state index is -3.33. The Labute approximate surface area is 179 Å². The topological polar surface area (TPSA) is 78.8 Å². The molecule has 0 bridgehead atoms. The second kappa shape index (κ2) is 8.04. The van der Waals surface area contributed by atoms with Crippen LogP contribution in [0.15, 0.2) is 71.1 Å². The smallest absolute Gasteiger partial charge is 0.284 e. The van der Waals surface area contributed by atoms with Crippen LogP contribution in [0.3, 0.4) is 0 Å². The summed E-state index contributed by atoms with van der Waals surface area (Å²) in [6.07, 6.45) is 1.70. The highest BCUT2D eigenvalue weighted by atomic mass is 32.2. The lowest BCUT2D eigenvalue weighted by molar-refractivity contribution is 0.0716. The molecule has 4 rings (SSSR count). The number of carbonyl (C=O) groups excluding carboxylic acids is 1. The number of hydrazone groups is 1. The molecule has 8 heteroatoms. The number of nitrogens with one attached hydrogen (secondary N) is 1. The number of rotatable bonds is 5. The lowest BCUT2D eigenvalue weighted by atomic mass is 9.97. The van der Waals surface area contributed by atoms with Crippen molar-refractivity contribution < 1.29 is 13.2 Å². The first-order chi connectivity index (χ1) is 14.3. The second-order valence-corrected chi connectivity index (χ2v) is 9.95. The van der Waals surface area contributed by atoms with Gasteiger partial charge in [0, 0.05) is 12.1 Å². The Morgan fingerprint density at radius 3 is 2.40 bits per heavy atom. The molecule has 0 saturated carbocycles. The maximum atomic E-state index is 13.1. The Kier molecular flexibility index (Phi) is 5.44. The van der Waals surface area contributed by atoms with Gasteiger partial charge in [-0.25, -0.2) is 13.4 Å². The van der Waals surface area contributed by atoms with Gasteiger partial charge in [-0.2, -0.15) is 5.10 Å². The van der Waals surface area contributed by atoms with Crippen LogP contribution in [0.1, 0.15) is 38.8 Å². The molecule has 2 heterocycles. The molecule has 1 aliphatic rings. The lowest BCUT2D eigenvalue weighted by Crippen LogP contribution is -2.26. The minimum absolute atomic E-state index is 0.124. The van der Waals surface area contributed by atoms with Crippen LogP contribution in [-0.2, 0) is 10.0 Å². The molecule has 0 fully saturated rings. The molecule has 0 spiro atoms. The van der Waals surface area contributed by atoms with Gasteiger partial charge in [0.05, 0.1) is 22.9 Å². The van der Waals surface area contributed by atoms with Gasteiger partial charge in [0.25, 0.3) is 5.91 Å². The van der Waals surface area contributed by atoms with Gasteiger partial charge in [0.1, 0.15) is 0 Å². The molecule has 0 aliphatic carbocycles. The Morgan fingerprint density at radius 2 is 1.80 bits per heavy atom. The van der Waals surface area contributed by atoms with E-state index in [1.807, 2.05) is 54.8 Å². The van der Waals surface area contributed by atoms with Crippen molar-refractivity contribution in [3.05, 3.63) is 87.6 Å². The van der Waals surface area contributed by atoms with Crippen molar-refractivity contribution in [1.82, 2.24) is 5.01 Å². The van der Waals surface area contributed by atoms with Crippen LogP contribution in [0.5, 0.6) is 0 Å². The molecule has 1 atom stereocenters. The first-order valence-corrected chi connectivity index (χ1v) is 12.2. The molecule has 0 saturated heterocycles. The largest absolute Gasteiger partial charge is 0.284 e. The summed E-state index contributed by atoms with van der Waals surface area (Å²) in [5.41, 5.74) is 4.31. The van der Waals surface area contributed by atoms with Crippen molar-refractivity contribution in [3.8, 4) is 0 Å². The maximum Gasteiger partial charge on any atom is 0.284 e. The van der Waals surface area contributed by atoms with E-state index >= 15 is 0 Å². The fraction of sp³-hybridized carbons (Fsp3) is 0.182. The summed E-state index contributed by atoms with van der Waals surface area (Å²) in [5.74, 6) is -0.124. The molecule has 6 nitrogen and oxygen atoms in total. The molecule has 30 heavy (non-hydrogen) atoms. The molecule has 0 unspecified atom stereocenters. The number of aryl methyl sites for hydroxylation is 1. The number of benzene rings is 2. The zero-order chi connectivity index (χ0) is 21.3. The van der Waals surface area contributed by atoms with Crippen LogP contribution in [0.25, 0.3) is 0 Å². The minimum Gasteiger partial charge on any atom is -0.284 e. The third kappa shape index (κ3) is 4.44. The van der Waals surface area contributed by atoms with Gasteiger partial charge in [-0.05, 0) is 41.6 Å². The van der Waals surface area contributed by atoms with Crippen LogP contribution in [-0.4, -0.2) is 31.3 Å². The number of carbonyl (C=O) groups is 1. The van der Waals surface area contributed by atoms with Crippen LogP contribution in [0.4, 0.5) is 5.69 Å². The van der Waals surface area contributed by atoms with Gasteiger partial charge in [-0.1, -0.05) is 48.0 Å². The average molecular weight is 440 g/mol. The standard InChI is InChI=1S/C22H21N3O3S2/c1-15-5-7-17(8-6-15)20-14-19(23-25(20)22(26)21-4-3-13-29-21)16-9-11-18(12-10-16)24-30(2,27)28/h3-13,20,24H,14H2,1-2H3/t20-/m1/s1. The van der Waals surface area contributed by atoms with Gasteiger partial charge in [-0.15, -0.1) is 11.3 Å². The van der Waals surface area contributed by atoms with E-state index < -0.39 is 10.0 Å². The number of hydrogen-bond donors (Lipinski definition) is 1. The average Bonchev–Trinajstić information content (AvgIpc) is 3.38. The molecule has 1 amide bonds. The van der Waals surface area contributed by atoms with Crippen molar-refractivity contribution in [1.29, 1.82) is 0 Å². The maximum absolute atomic E-state index is 13.1. The summed E-state index contributed by atoms with van der Waals surface area (Å²) >= 11 is 1.40. The van der Waals surface area contributed by atoms with Crippen LogP contribution < -0.4 is 4.72 Å². The summed E-state index contributed by atoms with van der Waals surface area (Å²) in [7, 11) is -3.33. The van der Waals surface area contributed by atoms with E-state index in [2.05, 4.69) is 9.82 Å². The highest BCUT2D eigenvalue weighted by Gasteiger charge is 2.34. The fourth-order valence-corrected chi connectivity index (χ4v) is 4.60. The molecule has 2 aromatic carbocycles. The normalized spacial score (nSPS) is 16.4. The fourth-order valence-electron chi connectivity index (χ4n) is 3.38. The lowest BCUT2D eigenvalue weighted by Gasteiger charge is -2.21. The van der Waals surface area contributed by atoms with E-state index in [-0.39, 0.29) is 11.9 Å². The number of anilines is 1. The van der Waals surface area contributed by atoms with Crippen molar-refractivity contribution >= 4 is 38.7 Å². The predicted molar refractivity (Wildman–Crippen MR) is 120 cm³/mol. The molecule has 1 N–H and O–H groups in total. The monoisotopic (exact) mass is 439 g/mol. The zero-order valence-corrected chi connectivity index (χ0v) is 18.2. The van der Waals surface area contributed by atoms with E-state index in [4.69, 9.17) is 0 Å². The molecule has 1 aliphatic heterocycles. The third-order valence-electron chi connectivity index (χ3n) is 4.83. The number of amides is 1. The molecule has 3 aromatic rings. The number of sulfonamides is 1. The van der Waals surface area contributed by atoms with Gasteiger partial charge >= 0.3 is 0 Å². The summed E-state index contributed by atoms with van der Waals surface area (Å²) in [6.45, 7) is 2.03. The van der Waals surface area contributed by atoms with Gasteiger partial charge in [0.15, 0.2) is 0 Å². The van der Waals surface area contributed by atoms with Gasteiger partial charge in [-0.3, -0.25) is 9.52 Å². The summed E-state index contributed by atoms with van der Waals surface area (Å²) in [5, 5.41) is 8.11. The van der Waals surface area contributed by atoms with E-state index in [0.717, 1.165) is 28.7 Å². The van der Waals surface area contributed by atoms with E-state index in [1.54, 1.807) is 23.2 Å². The summed E-state index contributed by atoms with van der Waals surface area (Å²) in [6, 6.07) is 18.6. The molecule has 1 aromatic heterocycles. The number of hydrogen-bond acceptors (Lipinski definition) is 5. The van der Waals surface area contributed by atoms with Crippen molar-refractivity contribution in [2.45, 2.75) is 19.4 Å². The predicted octanol–water partition coefficient (Wildman–Crippen LogP) is 4.42. The summed E-state index contributed by atoms with van der Waals surface area (Å²) in [4.78, 5) is 13.7. The Morgan fingerprint density at radius 1 is 1.10 bits per heavy atom. The SMILES string of the molecule is Cc1ccc([C@H]2CC(c3ccc(NS(C)(=O)=O)cc3)=NN2C(=O)c2cccs2)cc1. The third-order valence-corrected chi connectivity index (χ3v) is 6.30. The Bertz CT molecular complexity index is 1180. The van der Waals surface area contributed by atoms with Gasteiger partial charge in [0.2, 0.25) is 10.0 Å². The highest BCUT2D eigenvalue weighted by Crippen LogP contribution is 2.34. The second-order valence-electron chi connectivity index (χ2n) is 7.26. The highest BCUT2D eigenvalue weighted by molar-refractivity contribution is 7.92. The zero-order valence-electron chi connectivity index (χ0n) is 16.6. The van der Waals surface area contributed by atoms with Crippen molar-refractivity contribution in [2.24, 2.45) is 5.10 Å². The van der Waals surface area contributed by atoms with Crippen LogP contribution >= 0.6 is 11.3 Å². The molecular formula is C22H21N3O3S2. The number of thiophene rings is 1. The molecule has 154 valence electrons. The molecule has 0 radical (unpaired) electrons. The van der Waals surface area contributed by atoms with Crippen molar-refractivity contribution in [2.75, 3.05) is 11.0 Å². The summed E-state index contributed by atoms with van der Waals surface area (Å²) < 4.78 is 25.3. The Hall–Kier alpha value is -2.97. The van der Waals surface area contributed by atoms with Gasteiger partial charge < -0.3 is 0 Å². The first-order valence-electron chi connectivity index (χ1n) is 9.39. The van der Waals surface area contributed by atoms with E-state index in [1.165, 1.54) is 11.3 Å². The molecular weight excluding hydrogens is 418 g/mol. The quantitative estimate of drug-likeness (QED) is 0.639. The number of nitrogens with zero attached hydrogens (tertiary/aromatic N) is 2. The van der Waals surface area contributed by atoms with Crippen LogP contribution in [0.2, 0.25) is 0 Å². The Balaban J connectivity index is 1.66. The van der Waals surface area contributed by atoms with E-state index in [9.17, 15) is 13.2 Å². The van der Waals surface area contributed by atoms with Crippen LogP contribution in [0, 0.1) is 6.92 Å². The first kappa shape index (κ1) is 20.3. The van der Waals surface area contributed by atoms with E-state index in [0.29, 0.717) is 17.0 Å². The van der Waals surface area contributed by atoms with Crippen molar-refractivity contribution in [3.63, 3.8) is 0 Å².